The summed E-state index contributed by atoms with van der Waals surface area (Å²) in [6.45, 7) is 2.67. The van der Waals surface area contributed by atoms with E-state index in [4.69, 9.17) is 16.3 Å². The summed E-state index contributed by atoms with van der Waals surface area (Å²) in [7, 11) is 0. The van der Waals surface area contributed by atoms with Gasteiger partial charge in [0.25, 0.3) is 0 Å². The highest BCUT2D eigenvalue weighted by atomic mass is 35.5. The summed E-state index contributed by atoms with van der Waals surface area (Å²) in [4.78, 5) is 0. The van der Waals surface area contributed by atoms with Crippen LogP contribution in [0.4, 0.5) is 0 Å². The standard InChI is InChI=1S/C9H11ClO/c1-8-4-2-3-5-9(8)6-11-7-10/h2-5H,6-7H2,1H3. The van der Waals surface area contributed by atoms with Gasteiger partial charge in [0.2, 0.25) is 0 Å². The van der Waals surface area contributed by atoms with Crippen molar-refractivity contribution in [3.63, 3.8) is 0 Å². The molecule has 0 aromatic heterocycles. The number of benzene rings is 1. The van der Waals surface area contributed by atoms with Crippen LogP contribution in [0.1, 0.15) is 11.1 Å². The van der Waals surface area contributed by atoms with Crippen molar-refractivity contribution in [2.75, 3.05) is 6.07 Å². The van der Waals surface area contributed by atoms with Crippen LogP contribution in [-0.2, 0) is 11.3 Å². The Kier molecular flexibility index (Phi) is 3.40. The lowest BCUT2D eigenvalue weighted by molar-refractivity contribution is 0.165. The predicted octanol–water partition coefficient (Wildman–Crippen LogP) is 2.71. The van der Waals surface area contributed by atoms with Crippen LogP contribution in [0, 0.1) is 6.92 Å². The fraction of sp³-hybridized carbons (Fsp3) is 0.333. The van der Waals surface area contributed by atoms with Crippen molar-refractivity contribution in [2.24, 2.45) is 0 Å². The Morgan fingerprint density at radius 2 is 2.09 bits per heavy atom. The molecule has 0 amide bonds. The summed E-state index contributed by atoms with van der Waals surface area (Å²) in [5.74, 6) is 0. The highest BCUT2D eigenvalue weighted by Crippen LogP contribution is 2.07. The van der Waals surface area contributed by atoms with Gasteiger partial charge in [-0.15, -0.1) is 0 Å². The Morgan fingerprint density at radius 3 is 2.73 bits per heavy atom. The minimum absolute atomic E-state index is 0.258. The highest BCUT2D eigenvalue weighted by Gasteiger charge is 1.94. The first kappa shape index (κ1) is 8.57. The number of halogens is 1. The molecule has 0 N–H and O–H groups in total. The van der Waals surface area contributed by atoms with Gasteiger partial charge in [-0.25, -0.2) is 0 Å². The van der Waals surface area contributed by atoms with Gasteiger partial charge in [-0.05, 0) is 18.1 Å². The second-order valence-electron chi connectivity index (χ2n) is 2.38. The van der Waals surface area contributed by atoms with Crippen molar-refractivity contribution in [1.82, 2.24) is 0 Å². The Labute approximate surface area is 71.9 Å². The molecule has 1 aromatic rings. The maximum atomic E-state index is 5.38. The van der Waals surface area contributed by atoms with Gasteiger partial charge >= 0.3 is 0 Å². The van der Waals surface area contributed by atoms with Crippen LogP contribution in [0.5, 0.6) is 0 Å². The summed E-state index contributed by atoms with van der Waals surface area (Å²) in [5.41, 5.74) is 2.45. The first-order valence-corrected chi connectivity index (χ1v) is 4.06. The zero-order chi connectivity index (χ0) is 8.10. The molecule has 0 fully saturated rings. The molecular weight excluding hydrogens is 160 g/mol. The zero-order valence-electron chi connectivity index (χ0n) is 6.51. The average molecular weight is 171 g/mol. The largest absolute Gasteiger partial charge is 0.361 e. The number of alkyl halides is 1. The summed E-state index contributed by atoms with van der Waals surface area (Å²) in [5, 5.41) is 0. The molecule has 0 aliphatic rings. The lowest BCUT2D eigenvalue weighted by Gasteiger charge is -2.03. The molecule has 1 aromatic carbocycles. The fourth-order valence-electron chi connectivity index (χ4n) is 0.921. The van der Waals surface area contributed by atoms with E-state index in [1.807, 2.05) is 18.2 Å². The minimum Gasteiger partial charge on any atom is -0.361 e. The number of hydrogen-bond acceptors (Lipinski definition) is 1. The molecular formula is C9H11ClO. The van der Waals surface area contributed by atoms with E-state index in [0.717, 1.165) is 0 Å². The van der Waals surface area contributed by atoms with E-state index in [2.05, 4.69) is 13.0 Å². The number of ether oxygens (including phenoxy) is 1. The van der Waals surface area contributed by atoms with Crippen LogP contribution >= 0.6 is 11.6 Å². The third kappa shape index (κ3) is 2.52. The van der Waals surface area contributed by atoms with E-state index < -0.39 is 0 Å². The smallest absolute Gasteiger partial charge is 0.121 e. The van der Waals surface area contributed by atoms with Crippen LogP contribution in [-0.4, -0.2) is 6.07 Å². The minimum atomic E-state index is 0.258. The Bertz CT molecular complexity index is 223. The maximum absolute atomic E-state index is 5.38. The lowest BCUT2D eigenvalue weighted by atomic mass is 10.1. The van der Waals surface area contributed by atoms with Crippen molar-refractivity contribution in [2.45, 2.75) is 13.5 Å². The molecule has 0 aliphatic carbocycles. The van der Waals surface area contributed by atoms with Gasteiger partial charge in [0.05, 0.1) is 6.61 Å². The van der Waals surface area contributed by atoms with Gasteiger partial charge in [0.1, 0.15) is 6.07 Å². The molecule has 11 heavy (non-hydrogen) atoms. The van der Waals surface area contributed by atoms with Crippen LogP contribution in [0.25, 0.3) is 0 Å². The Hall–Kier alpha value is -0.530. The zero-order valence-corrected chi connectivity index (χ0v) is 7.27. The third-order valence-electron chi connectivity index (χ3n) is 1.60. The van der Waals surface area contributed by atoms with E-state index in [1.54, 1.807) is 0 Å². The molecule has 0 radical (unpaired) electrons. The van der Waals surface area contributed by atoms with E-state index >= 15 is 0 Å². The Balaban J connectivity index is 2.62. The summed E-state index contributed by atoms with van der Waals surface area (Å²) in [6.07, 6.45) is 0. The monoisotopic (exact) mass is 170 g/mol. The van der Waals surface area contributed by atoms with Crippen LogP contribution in [0.3, 0.4) is 0 Å². The molecule has 1 nitrogen and oxygen atoms in total. The molecule has 0 spiro atoms. The molecule has 0 saturated carbocycles. The summed E-state index contributed by atoms with van der Waals surface area (Å²) < 4.78 is 5.07. The second-order valence-corrected chi connectivity index (χ2v) is 2.60. The van der Waals surface area contributed by atoms with Gasteiger partial charge in [0, 0.05) is 0 Å². The van der Waals surface area contributed by atoms with Crippen LogP contribution < -0.4 is 0 Å². The van der Waals surface area contributed by atoms with Crippen molar-refractivity contribution < 1.29 is 4.74 Å². The van der Waals surface area contributed by atoms with E-state index in [9.17, 15) is 0 Å². The van der Waals surface area contributed by atoms with E-state index in [0.29, 0.717) is 6.61 Å². The molecule has 0 aliphatic heterocycles. The average Bonchev–Trinajstić information content (AvgIpc) is 2.03. The number of aryl methyl sites for hydroxylation is 1. The highest BCUT2D eigenvalue weighted by molar-refractivity contribution is 6.17. The predicted molar refractivity (Wildman–Crippen MR) is 46.7 cm³/mol. The van der Waals surface area contributed by atoms with E-state index in [-0.39, 0.29) is 6.07 Å². The van der Waals surface area contributed by atoms with Crippen molar-refractivity contribution in [3.05, 3.63) is 35.4 Å². The SMILES string of the molecule is Cc1ccccc1COCCl. The van der Waals surface area contributed by atoms with Crippen molar-refractivity contribution in [1.29, 1.82) is 0 Å². The molecule has 0 unspecified atom stereocenters. The van der Waals surface area contributed by atoms with E-state index in [1.165, 1.54) is 11.1 Å². The molecule has 1 rings (SSSR count). The number of rotatable bonds is 3. The quantitative estimate of drug-likeness (QED) is 0.634. The van der Waals surface area contributed by atoms with Gasteiger partial charge in [-0.2, -0.15) is 0 Å². The van der Waals surface area contributed by atoms with Gasteiger partial charge in [0.15, 0.2) is 0 Å². The first-order chi connectivity index (χ1) is 5.34. The summed E-state index contributed by atoms with van der Waals surface area (Å²) >= 11 is 5.38. The molecule has 0 bridgehead atoms. The molecule has 2 heteroatoms. The summed E-state index contributed by atoms with van der Waals surface area (Å²) in [6, 6.07) is 8.38. The third-order valence-corrected chi connectivity index (χ3v) is 1.75. The lowest BCUT2D eigenvalue weighted by Crippen LogP contribution is -1.92. The van der Waals surface area contributed by atoms with Crippen LogP contribution in [0.15, 0.2) is 24.3 Å². The Morgan fingerprint density at radius 1 is 1.36 bits per heavy atom. The fourth-order valence-corrected chi connectivity index (χ4v) is 0.998. The number of hydrogen-bond donors (Lipinski definition) is 0. The maximum Gasteiger partial charge on any atom is 0.121 e. The van der Waals surface area contributed by atoms with Gasteiger partial charge < -0.3 is 4.74 Å². The molecule has 0 atom stereocenters. The normalized spacial score (nSPS) is 10.0. The molecule has 0 heterocycles. The van der Waals surface area contributed by atoms with Crippen LogP contribution in [0.2, 0.25) is 0 Å². The van der Waals surface area contributed by atoms with Crippen molar-refractivity contribution >= 4 is 11.6 Å². The molecule has 60 valence electrons. The second kappa shape index (κ2) is 4.37. The first-order valence-electron chi connectivity index (χ1n) is 3.53. The topological polar surface area (TPSA) is 9.23 Å². The molecule has 0 saturated heterocycles. The van der Waals surface area contributed by atoms with Gasteiger partial charge in [-0.3, -0.25) is 0 Å². The van der Waals surface area contributed by atoms with Crippen molar-refractivity contribution in [3.8, 4) is 0 Å². The van der Waals surface area contributed by atoms with Gasteiger partial charge in [-0.1, -0.05) is 35.9 Å².